The highest BCUT2D eigenvalue weighted by Gasteiger charge is 2.12. The smallest absolute Gasteiger partial charge is 0.165 e. The van der Waals surface area contributed by atoms with Gasteiger partial charge in [-0.25, -0.2) is 4.39 Å². The summed E-state index contributed by atoms with van der Waals surface area (Å²) in [7, 11) is 0. The topological polar surface area (TPSA) is 49.7 Å². The minimum Gasteiger partial charge on any atom is -0.507 e. The van der Waals surface area contributed by atoms with Gasteiger partial charge >= 0.3 is 0 Å². The van der Waals surface area contributed by atoms with E-state index in [4.69, 9.17) is 4.74 Å². The van der Waals surface area contributed by atoms with E-state index in [0.29, 0.717) is 12.0 Å². The summed E-state index contributed by atoms with van der Waals surface area (Å²) in [5.41, 5.74) is 0. The molecule has 0 spiro atoms. The number of rotatable bonds is 2. The zero-order valence-electron chi connectivity index (χ0n) is 8.70. The van der Waals surface area contributed by atoms with Crippen LogP contribution < -0.4 is 4.74 Å². The van der Waals surface area contributed by atoms with Gasteiger partial charge in [0.2, 0.25) is 0 Å². The lowest BCUT2D eigenvalue weighted by Crippen LogP contribution is -1.92. The van der Waals surface area contributed by atoms with E-state index in [0.717, 1.165) is 0 Å². The molecule has 16 heavy (non-hydrogen) atoms. The van der Waals surface area contributed by atoms with Crippen molar-refractivity contribution >= 4 is 10.8 Å². The van der Waals surface area contributed by atoms with Gasteiger partial charge in [0.15, 0.2) is 11.5 Å². The van der Waals surface area contributed by atoms with Crippen molar-refractivity contribution in [1.82, 2.24) is 0 Å². The Morgan fingerprint density at radius 3 is 2.62 bits per heavy atom. The number of hydrogen-bond donors (Lipinski definition) is 2. The van der Waals surface area contributed by atoms with E-state index < -0.39 is 5.82 Å². The molecule has 0 aliphatic carbocycles. The third kappa shape index (κ3) is 1.62. The molecule has 3 nitrogen and oxygen atoms in total. The fraction of sp³-hybridized carbons (Fsp3) is 0.167. The van der Waals surface area contributed by atoms with Gasteiger partial charge in [0.25, 0.3) is 0 Å². The van der Waals surface area contributed by atoms with Gasteiger partial charge in [0.05, 0.1) is 6.61 Å². The quantitative estimate of drug-likeness (QED) is 0.768. The highest BCUT2D eigenvalue weighted by molar-refractivity contribution is 5.95. The van der Waals surface area contributed by atoms with Crippen molar-refractivity contribution < 1.29 is 19.3 Å². The molecule has 0 aliphatic heterocycles. The zero-order chi connectivity index (χ0) is 11.7. The molecule has 0 unspecified atom stereocenters. The van der Waals surface area contributed by atoms with Crippen molar-refractivity contribution in [2.24, 2.45) is 0 Å². The first-order chi connectivity index (χ1) is 7.63. The maximum absolute atomic E-state index is 13.0. The van der Waals surface area contributed by atoms with E-state index >= 15 is 0 Å². The summed E-state index contributed by atoms with van der Waals surface area (Å²) >= 11 is 0. The molecule has 0 aromatic heterocycles. The molecule has 4 heteroatoms. The largest absolute Gasteiger partial charge is 0.507 e. The lowest BCUT2D eigenvalue weighted by molar-refractivity contribution is 0.317. The molecule has 2 aromatic rings. The second-order valence-corrected chi connectivity index (χ2v) is 3.37. The van der Waals surface area contributed by atoms with Crippen LogP contribution in [0.2, 0.25) is 0 Å². The molecule has 2 rings (SSSR count). The lowest BCUT2D eigenvalue weighted by atomic mass is 10.1. The van der Waals surface area contributed by atoms with Crippen molar-refractivity contribution in [3.63, 3.8) is 0 Å². The SMILES string of the molecule is CCOc1cc(O)c2cc(F)ccc2c1O. The maximum Gasteiger partial charge on any atom is 0.165 e. The Morgan fingerprint density at radius 2 is 1.94 bits per heavy atom. The Labute approximate surface area is 91.7 Å². The molecule has 0 radical (unpaired) electrons. The standard InChI is InChI=1S/C12H11FO3/c1-2-16-11-6-10(14)9-5-7(13)3-4-8(9)12(11)15/h3-6,14-15H,2H2,1H3. The fourth-order valence-electron chi connectivity index (χ4n) is 1.60. The second kappa shape index (κ2) is 3.89. The predicted octanol–water partition coefficient (Wildman–Crippen LogP) is 2.79. The van der Waals surface area contributed by atoms with Crippen LogP contribution in [0, 0.1) is 5.82 Å². The number of halogens is 1. The van der Waals surface area contributed by atoms with Gasteiger partial charge in [0.1, 0.15) is 11.6 Å². The number of phenols is 2. The average Bonchev–Trinajstić information content (AvgIpc) is 2.26. The van der Waals surface area contributed by atoms with E-state index in [1.54, 1.807) is 6.92 Å². The molecule has 0 saturated heterocycles. The Kier molecular flexibility index (Phi) is 2.56. The van der Waals surface area contributed by atoms with E-state index in [9.17, 15) is 14.6 Å². The fourth-order valence-corrected chi connectivity index (χ4v) is 1.60. The summed E-state index contributed by atoms with van der Waals surface area (Å²) in [5.74, 6) is -0.476. The van der Waals surface area contributed by atoms with Crippen LogP contribution >= 0.6 is 0 Å². The average molecular weight is 222 g/mol. The lowest BCUT2D eigenvalue weighted by Gasteiger charge is -2.10. The third-order valence-electron chi connectivity index (χ3n) is 2.31. The van der Waals surface area contributed by atoms with Crippen molar-refractivity contribution in [3.05, 3.63) is 30.1 Å². The highest BCUT2D eigenvalue weighted by atomic mass is 19.1. The van der Waals surface area contributed by atoms with Crippen molar-refractivity contribution in [2.45, 2.75) is 6.92 Å². The molecular formula is C12H11FO3. The zero-order valence-corrected chi connectivity index (χ0v) is 8.70. The van der Waals surface area contributed by atoms with Crippen LogP contribution in [0.5, 0.6) is 17.2 Å². The summed E-state index contributed by atoms with van der Waals surface area (Å²) < 4.78 is 18.1. The minimum atomic E-state index is -0.466. The van der Waals surface area contributed by atoms with Gasteiger partial charge in [-0.2, -0.15) is 0 Å². The Hall–Kier alpha value is -1.97. The molecule has 0 fully saturated rings. The summed E-state index contributed by atoms with van der Waals surface area (Å²) in [6.45, 7) is 2.14. The number of aromatic hydroxyl groups is 2. The Balaban J connectivity index is 2.74. The Morgan fingerprint density at radius 1 is 1.19 bits per heavy atom. The van der Waals surface area contributed by atoms with E-state index in [1.807, 2.05) is 0 Å². The third-order valence-corrected chi connectivity index (χ3v) is 2.31. The van der Waals surface area contributed by atoms with Gasteiger partial charge in [-0.3, -0.25) is 0 Å². The molecule has 0 atom stereocenters. The van der Waals surface area contributed by atoms with E-state index in [1.165, 1.54) is 24.3 Å². The number of fused-ring (bicyclic) bond motifs is 1. The van der Waals surface area contributed by atoms with Crippen LogP contribution in [0.1, 0.15) is 6.92 Å². The normalized spacial score (nSPS) is 10.6. The summed E-state index contributed by atoms with van der Waals surface area (Å²) in [4.78, 5) is 0. The molecule has 2 N–H and O–H groups in total. The Bertz CT molecular complexity index is 537. The van der Waals surface area contributed by atoms with E-state index in [2.05, 4.69) is 0 Å². The van der Waals surface area contributed by atoms with Crippen LogP contribution in [0.4, 0.5) is 4.39 Å². The van der Waals surface area contributed by atoms with Crippen molar-refractivity contribution in [2.75, 3.05) is 6.61 Å². The van der Waals surface area contributed by atoms with Crippen LogP contribution in [0.25, 0.3) is 10.8 Å². The number of ether oxygens (including phenoxy) is 1. The number of phenolic OH excluding ortho intramolecular Hbond substituents is 2. The van der Waals surface area contributed by atoms with Gasteiger partial charge in [0, 0.05) is 16.8 Å². The van der Waals surface area contributed by atoms with E-state index in [-0.39, 0.29) is 22.6 Å². The molecule has 0 aliphatic rings. The number of hydrogen-bond acceptors (Lipinski definition) is 3. The van der Waals surface area contributed by atoms with Gasteiger partial charge in [-0.05, 0) is 25.1 Å². The summed E-state index contributed by atoms with van der Waals surface area (Å²) in [6, 6.07) is 5.07. The van der Waals surface area contributed by atoms with Crippen molar-refractivity contribution in [1.29, 1.82) is 0 Å². The van der Waals surface area contributed by atoms with Crippen LogP contribution in [0.15, 0.2) is 24.3 Å². The van der Waals surface area contributed by atoms with Gasteiger partial charge in [-0.15, -0.1) is 0 Å². The molecule has 0 saturated carbocycles. The highest BCUT2D eigenvalue weighted by Crippen LogP contribution is 2.40. The van der Waals surface area contributed by atoms with Crippen LogP contribution in [-0.2, 0) is 0 Å². The first kappa shape index (κ1) is 10.5. The van der Waals surface area contributed by atoms with Gasteiger partial charge in [-0.1, -0.05) is 0 Å². The molecule has 0 amide bonds. The molecular weight excluding hydrogens is 211 g/mol. The van der Waals surface area contributed by atoms with Crippen LogP contribution in [0.3, 0.4) is 0 Å². The number of benzene rings is 2. The molecule has 84 valence electrons. The first-order valence-corrected chi connectivity index (χ1v) is 4.90. The second-order valence-electron chi connectivity index (χ2n) is 3.37. The van der Waals surface area contributed by atoms with Gasteiger partial charge < -0.3 is 14.9 Å². The molecule has 2 aromatic carbocycles. The summed E-state index contributed by atoms with van der Waals surface area (Å²) in [5, 5.41) is 20.1. The van der Waals surface area contributed by atoms with Crippen molar-refractivity contribution in [3.8, 4) is 17.2 Å². The summed E-state index contributed by atoms with van der Waals surface area (Å²) in [6.07, 6.45) is 0. The predicted molar refractivity (Wildman–Crippen MR) is 58.4 cm³/mol. The maximum atomic E-state index is 13.0. The minimum absolute atomic E-state index is 0.0883. The first-order valence-electron chi connectivity index (χ1n) is 4.90. The molecule has 0 heterocycles. The monoisotopic (exact) mass is 222 g/mol. The molecule has 0 bridgehead atoms. The van der Waals surface area contributed by atoms with Crippen LogP contribution in [-0.4, -0.2) is 16.8 Å².